The molecule has 0 saturated heterocycles. The Morgan fingerprint density at radius 2 is 2.04 bits per heavy atom. The summed E-state index contributed by atoms with van der Waals surface area (Å²) in [5, 5.41) is 23.6. The number of ether oxygens (including phenoxy) is 1. The van der Waals surface area contributed by atoms with Gasteiger partial charge in [0.05, 0.1) is 23.5 Å². The van der Waals surface area contributed by atoms with E-state index in [0.717, 1.165) is 4.90 Å². The lowest BCUT2D eigenvalue weighted by molar-refractivity contribution is -0.385. The Morgan fingerprint density at radius 1 is 1.29 bits per heavy atom. The van der Waals surface area contributed by atoms with E-state index >= 15 is 0 Å². The number of aliphatic hydroxyl groups is 1. The van der Waals surface area contributed by atoms with E-state index in [1.165, 1.54) is 33.7 Å². The highest BCUT2D eigenvalue weighted by Crippen LogP contribution is 2.32. The van der Waals surface area contributed by atoms with Gasteiger partial charge in [0, 0.05) is 27.3 Å². The van der Waals surface area contributed by atoms with Gasteiger partial charge in [0.15, 0.2) is 0 Å². The van der Waals surface area contributed by atoms with Crippen LogP contribution in [0.3, 0.4) is 0 Å². The van der Waals surface area contributed by atoms with Crippen molar-refractivity contribution < 1.29 is 19.6 Å². The highest BCUT2D eigenvalue weighted by Gasteiger charge is 2.14. The normalized spacial score (nSPS) is 10.2. The lowest BCUT2D eigenvalue weighted by Crippen LogP contribution is -2.06. The fourth-order valence-corrected chi connectivity index (χ4v) is 4.05. The molecule has 0 atom stereocenters. The molecule has 0 spiro atoms. The number of hydrogen-bond acceptors (Lipinski definition) is 8. The van der Waals surface area contributed by atoms with Gasteiger partial charge in [-0.15, -0.1) is 0 Å². The largest absolute Gasteiger partial charge is 0.461 e. The molecule has 2 aromatic carbocycles. The van der Waals surface area contributed by atoms with E-state index < -0.39 is 17.5 Å². The molecule has 1 N–H and O–H groups in total. The first-order chi connectivity index (χ1) is 13.5. The Bertz CT molecular complexity index is 886. The number of azide groups is 1. The topological polar surface area (TPSA) is 138 Å². The van der Waals surface area contributed by atoms with Gasteiger partial charge in [-0.3, -0.25) is 14.9 Å². The molecule has 146 valence electrons. The van der Waals surface area contributed by atoms with Gasteiger partial charge in [0.1, 0.15) is 6.61 Å². The van der Waals surface area contributed by atoms with Crippen molar-refractivity contribution >= 4 is 38.9 Å². The second-order valence-electron chi connectivity index (χ2n) is 5.38. The zero-order chi connectivity index (χ0) is 20.4. The van der Waals surface area contributed by atoms with Crippen molar-refractivity contribution in [2.24, 2.45) is 5.11 Å². The highest BCUT2D eigenvalue weighted by atomic mass is 33.1. The minimum Gasteiger partial charge on any atom is -0.461 e. The second kappa shape index (κ2) is 11.2. The number of nitro benzene ring substituents is 1. The van der Waals surface area contributed by atoms with Crippen LogP contribution in [0.4, 0.5) is 11.4 Å². The van der Waals surface area contributed by atoms with Crippen molar-refractivity contribution in [3.05, 3.63) is 74.1 Å². The summed E-state index contributed by atoms with van der Waals surface area (Å²) in [6, 6.07) is 11.4. The minimum absolute atomic E-state index is 0.0654. The number of aliphatic hydroxyl groups excluding tert-OH is 1. The number of esters is 1. The monoisotopic (exact) mass is 420 g/mol. The van der Waals surface area contributed by atoms with Gasteiger partial charge in [-0.1, -0.05) is 44.9 Å². The predicted molar refractivity (Wildman–Crippen MR) is 107 cm³/mol. The summed E-state index contributed by atoms with van der Waals surface area (Å²) in [5.74, 6) is 0.131. The molecule has 0 fully saturated rings. The fourth-order valence-electron chi connectivity index (χ4n) is 2.09. The van der Waals surface area contributed by atoms with Crippen LogP contribution >= 0.6 is 21.6 Å². The molecule has 0 heterocycles. The summed E-state index contributed by atoms with van der Waals surface area (Å²) in [6.07, 6.45) is 0.200. The zero-order valence-electron chi connectivity index (χ0n) is 14.6. The van der Waals surface area contributed by atoms with E-state index in [2.05, 4.69) is 10.0 Å². The smallest absolute Gasteiger partial charge is 0.306 e. The maximum atomic E-state index is 11.8. The number of benzene rings is 2. The number of rotatable bonds is 10. The summed E-state index contributed by atoms with van der Waals surface area (Å²) < 4.78 is 5.14. The van der Waals surface area contributed by atoms with E-state index in [9.17, 15) is 14.9 Å². The van der Waals surface area contributed by atoms with Crippen LogP contribution in [0.2, 0.25) is 0 Å². The summed E-state index contributed by atoms with van der Waals surface area (Å²) in [4.78, 5) is 25.9. The van der Waals surface area contributed by atoms with Crippen LogP contribution in [0.15, 0.2) is 52.5 Å². The van der Waals surface area contributed by atoms with Gasteiger partial charge >= 0.3 is 5.97 Å². The van der Waals surface area contributed by atoms with Gasteiger partial charge in [-0.05, 0) is 29.3 Å². The maximum Gasteiger partial charge on any atom is 0.306 e. The van der Waals surface area contributed by atoms with Crippen molar-refractivity contribution in [1.29, 1.82) is 0 Å². The summed E-state index contributed by atoms with van der Waals surface area (Å²) in [6.45, 7) is -0.496. The van der Waals surface area contributed by atoms with Crippen molar-refractivity contribution in [2.75, 3.05) is 5.75 Å². The number of nitrogens with zero attached hydrogens (tertiary/aromatic N) is 4. The van der Waals surface area contributed by atoms with Crippen molar-refractivity contribution in [1.82, 2.24) is 0 Å². The van der Waals surface area contributed by atoms with E-state index in [0.29, 0.717) is 17.0 Å². The van der Waals surface area contributed by atoms with Crippen LogP contribution in [-0.4, -0.2) is 21.8 Å². The van der Waals surface area contributed by atoms with Gasteiger partial charge < -0.3 is 9.84 Å². The zero-order valence-corrected chi connectivity index (χ0v) is 16.2. The predicted octanol–water partition coefficient (Wildman–Crippen LogP) is 4.90. The Morgan fingerprint density at radius 3 is 2.68 bits per heavy atom. The van der Waals surface area contributed by atoms with Crippen molar-refractivity contribution in [2.45, 2.75) is 24.5 Å². The molecule has 2 aromatic rings. The fraction of sp³-hybridized carbons (Fsp3) is 0.235. The Balaban J connectivity index is 1.73. The van der Waals surface area contributed by atoms with Crippen LogP contribution in [0.5, 0.6) is 0 Å². The minimum atomic E-state index is -0.579. The van der Waals surface area contributed by atoms with Crippen LogP contribution in [0, 0.1) is 10.1 Å². The second-order valence-corrected chi connectivity index (χ2v) is 7.87. The molecule has 0 aliphatic heterocycles. The van der Waals surface area contributed by atoms with Gasteiger partial charge in [0.25, 0.3) is 5.69 Å². The first-order valence-electron chi connectivity index (χ1n) is 8.01. The SMILES string of the molecule is [N-]=[N+]=Nc1ccc(SSCCC(=O)OCc2ccc(CO)c([N+](=O)[O-])c2)cc1. The molecule has 0 aliphatic carbocycles. The van der Waals surface area contributed by atoms with Crippen LogP contribution in [0.25, 0.3) is 10.4 Å². The maximum absolute atomic E-state index is 11.8. The standard InChI is InChI=1S/C17H16N4O5S2/c18-20-19-14-3-5-15(6-4-14)28-27-8-7-17(23)26-11-12-1-2-13(10-22)16(9-12)21(24)25/h1-6,9,22H,7-8,10-11H2. The number of carbonyl (C=O) groups excluding carboxylic acids is 1. The molecule has 2 rings (SSSR count). The third kappa shape index (κ3) is 6.78. The molecule has 0 unspecified atom stereocenters. The van der Waals surface area contributed by atoms with Crippen molar-refractivity contribution in [3.63, 3.8) is 0 Å². The Labute approximate surface area is 168 Å². The lowest BCUT2D eigenvalue weighted by Gasteiger charge is -2.06. The molecular formula is C17H16N4O5S2. The van der Waals surface area contributed by atoms with E-state index in [1.807, 2.05) is 12.1 Å². The molecule has 9 nitrogen and oxygen atoms in total. The lowest BCUT2D eigenvalue weighted by atomic mass is 10.1. The quantitative estimate of drug-likeness (QED) is 0.0842. The van der Waals surface area contributed by atoms with E-state index in [4.69, 9.17) is 15.4 Å². The van der Waals surface area contributed by atoms with Crippen molar-refractivity contribution in [3.8, 4) is 0 Å². The number of nitro groups is 1. The molecule has 0 bridgehead atoms. The number of hydrogen-bond donors (Lipinski definition) is 1. The molecule has 0 aromatic heterocycles. The summed E-state index contributed by atoms with van der Waals surface area (Å²) in [7, 11) is 2.97. The molecular weight excluding hydrogens is 404 g/mol. The summed E-state index contributed by atoms with van der Waals surface area (Å²) >= 11 is 0. The average molecular weight is 420 g/mol. The van der Waals surface area contributed by atoms with Crippen LogP contribution in [-0.2, 0) is 22.7 Å². The van der Waals surface area contributed by atoms with E-state index in [-0.39, 0.29) is 24.3 Å². The first-order valence-corrected chi connectivity index (χ1v) is 10.3. The third-order valence-corrected chi connectivity index (χ3v) is 5.84. The van der Waals surface area contributed by atoms with Crippen LogP contribution < -0.4 is 0 Å². The average Bonchev–Trinajstić information content (AvgIpc) is 2.70. The number of carbonyl (C=O) groups is 1. The summed E-state index contributed by atoms with van der Waals surface area (Å²) in [5.41, 5.74) is 9.39. The third-order valence-electron chi connectivity index (χ3n) is 3.46. The Kier molecular flexibility index (Phi) is 8.63. The Hall–Kier alpha value is -2.72. The van der Waals surface area contributed by atoms with E-state index in [1.54, 1.807) is 18.2 Å². The first kappa shape index (κ1) is 21.6. The molecule has 0 aliphatic rings. The van der Waals surface area contributed by atoms with Gasteiger partial charge in [0.2, 0.25) is 0 Å². The molecule has 0 radical (unpaired) electrons. The highest BCUT2D eigenvalue weighted by molar-refractivity contribution is 8.76. The molecule has 28 heavy (non-hydrogen) atoms. The molecule has 0 saturated carbocycles. The van der Waals surface area contributed by atoms with Crippen LogP contribution in [0.1, 0.15) is 17.5 Å². The van der Waals surface area contributed by atoms with Gasteiger partial charge in [-0.2, -0.15) is 0 Å². The van der Waals surface area contributed by atoms with Gasteiger partial charge in [-0.25, -0.2) is 0 Å². The molecule has 11 heteroatoms. The molecule has 0 amide bonds.